The van der Waals surface area contributed by atoms with Crippen molar-refractivity contribution < 1.29 is 9.15 Å². The quantitative estimate of drug-likeness (QED) is 0.403. The summed E-state index contributed by atoms with van der Waals surface area (Å²) in [6.45, 7) is 6.50. The summed E-state index contributed by atoms with van der Waals surface area (Å²) in [5.41, 5.74) is 6.31. The van der Waals surface area contributed by atoms with Crippen LogP contribution in [0.15, 0.2) is 75.9 Å². The first kappa shape index (κ1) is 19.0. The van der Waals surface area contributed by atoms with Crippen LogP contribution in [0.1, 0.15) is 33.4 Å². The first-order valence-electron chi connectivity index (χ1n) is 9.81. The van der Waals surface area contributed by atoms with Gasteiger partial charge in [-0.3, -0.25) is 0 Å². The molecule has 3 nitrogen and oxygen atoms in total. The molecule has 0 aliphatic rings. The van der Waals surface area contributed by atoms with Gasteiger partial charge < -0.3 is 9.15 Å². The molecule has 1 heterocycles. The third kappa shape index (κ3) is 3.95. The van der Waals surface area contributed by atoms with Crippen LogP contribution in [-0.4, -0.2) is 0 Å². The molecule has 0 saturated heterocycles. The highest BCUT2D eigenvalue weighted by Crippen LogP contribution is 2.31. The first-order valence-corrected chi connectivity index (χ1v) is 9.81. The van der Waals surface area contributed by atoms with Gasteiger partial charge in [-0.2, -0.15) is 0 Å². The fraction of sp³-hybridized carbons (Fsp3) is 0.192. The van der Waals surface area contributed by atoms with Crippen LogP contribution in [0.25, 0.3) is 11.0 Å². The second kappa shape index (κ2) is 7.96. The zero-order chi connectivity index (χ0) is 20.4. The molecule has 146 valence electrons. The molecule has 4 aromatic rings. The van der Waals surface area contributed by atoms with Crippen molar-refractivity contribution in [2.45, 2.75) is 33.8 Å². The number of fused-ring (bicyclic) bond motifs is 1. The van der Waals surface area contributed by atoms with Gasteiger partial charge in [-0.15, -0.1) is 0 Å². The molecule has 1 aromatic heterocycles. The van der Waals surface area contributed by atoms with Crippen molar-refractivity contribution in [3.63, 3.8) is 0 Å². The van der Waals surface area contributed by atoms with E-state index in [1.807, 2.05) is 61.5 Å². The Morgan fingerprint density at radius 1 is 0.828 bits per heavy atom. The van der Waals surface area contributed by atoms with Gasteiger partial charge in [0, 0.05) is 6.42 Å². The van der Waals surface area contributed by atoms with Crippen LogP contribution in [0.2, 0.25) is 0 Å². The number of rotatable bonds is 5. The Hall–Kier alpha value is -3.33. The van der Waals surface area contributed by atoms with Crippen molar-refractivity contribution in [3.8, 4) is 5.75 Å². The Balaban J connectivity index is 1.83. The molecule has 0 fully saturated rings. The van der Waals surface area contributed by atoms with Gasteiger partial charge in [0.15, 0.2) is 0 Å². The van der Waals surface area contributed by atoms with Crippen molar-refractivity contribution in [1.82, 2.24) is 0 Å². The highest BCUT2D eigenvalue weighted by molar-refractivity contribution is 5.85. The molecule has 0 aliphatic carbocycles. The predicted molar refractivity (Wildman–Crippen MR) is 117 cm³/mol. The van der Waals surface area contributed by atoms with E-state index in [9.17, 15) is 4.79 Å². The molecule has 0 spiro atoms. The van der Waals surface area contributed by atoms with E-state index < -0.39 is 0 Å². The summed E-state index contributed by atoms with van der Waals surface area (Å²) in [6, 6.07) is 22.1. The minimum Gasteiger partial charge on any atom is -0.488 e. The summed E-state index contributed by atoms with van der Waals surface area (Å²) in [4.78, 5) is 12.9. The minimum absolute atomic E-state index is 0.342. The van der Waals surface area contributed by atoms with Crippen molar-refractivity contribution >= 4 is 11.0 Å². The highest BCUT2D eigenvalue weighted by Gasteiger charge is 2.18. The number of hydrogen-bond donors (Lipinski definition) is 0. The molecule has 0 radical (unpaired) electrons. The van der Waals surface area contributed by atoms with Gasteiger partial charge in [0.05, 0.1) is 10.9 Å². The van der Waals surface area contributed by atoms with Crippen LogP contribution in [0, 0.1) is 20.8 Å². The van der Waals surface area contributed by atoms with E-state index in [1.54, 1.807) is 0 Å². The lowest BCUT2D eigenvalue weighted by Gasteiger charge is -2.15. The van der Waals surface area contributed by atoms with Crippen molar-refractivity contribution in [2.75, 3.05) is 0 Å². The lowest BCUT2D eigenvalue weighted by Crippen LogP contribution is -2.13. The Morgan fingerprint density at radius 3 is 2.17 bits per heavy atom. The number of benzene rings is 3. The highest BCUT2D eigenvalue weighted by atomic mass is 16.5. The Labute approximate surface area is 170 Å². The fourth-order valence-electron chi connectivity index (χ4n) is 3.56. The number of aryl methyl sites for hydroxylation is 3. The smallest absolute Gasteiger partial charge is 0.343 e. The average molecular weight is 384 g/mol. The van der Waals surface area contributed by atoms with Crippen LogP contribution < -0.4 is 10.4 Å². The number of hydrogen-bond acceptors (Lipinski definition) is 3. The van der Waals surface area contributed by atoms with Gasteiger partial charge in [-0.05, 0) is 60.7 Å². The second-order valence-electron chi connectivity index (χ2n) is 7.52. The lowest BCUT2D eigenvalue weighted by atomic mass is 9.99. The van der Waals surface area contributed by atoms with Crippen LogP contribution in [-0.2, 0) is 13.0 Å². The standard InChI is InChI=1S/C26H24O3/c1-17-12-13-22-24(14-17)29-26(27)23(15-20-10-6-4-8-18(20)2)25(22)28-16-21-11-7-5-9-19(21)3/h4-14H,15-16H2,1-3H3. The maximum absolute atomic E-state index is 12.9. The molecular weight excluding hydrogens is 360 g/mol. The van der Waals surface area contributed by atoms with Gasteiger partial charge in [-0.1, -0.05) is 54.6 Å². The van der Waals surface area contributed by atoms with Crippen molar-refractivity contribution in [1.29, 1.82) is 0 Å². The van der Waals surface area contributed by atoms with Gasteiger partial charge >= 0.3 is 5.63 Å². The van der Waals surface area contributed by atoms with Crippen LogP contribution in [0.3, 0.4) is 0 Å². The largest absolute Gasteiger partial charge is 0.488 e. The molecule has 0 aliphatic heterocycles. The van der Waals surface area contributed by atoms with E-state index in [1.165, 1.54) is 0 Å². The maximum atomic E-state index is 12.9. The first-order chi connectivity index (χ1) is 14.0. The van der Waals surface area contributed by atoms with Crippen LogP contribution >= 0.6 is 0 Å². The molecule has 4 rings (SSSR count). The van der Waals surface area contributed by atoms with E-state index in [-0.39, 0.29) is 5.63 Å². The van der Waals surface area contributed by atoms with Crippen LogP contribution in [0.4, 0.5) is 0 Å². The molecule has 0 saturated carbocycles. The molecule has 0 bridgehead atoms. The normalized spacial score (nSPS) is 11.0. The summed E-state index contributed by atoms with van der Waals surface area (Å²) in [7, 11) is 0. The summed E-state index contributed by atoms with van der Waals surface area (Å²) in [5, 5.41) is 0.826. The third-order valence-corrected chi connectivity index (χ3v) is 5.37. The van der Waals surface area contributed by atoms with Gasteiger partial charge in [-0.25, -0.2) is 4.79 Å². The van der Waals surface area contributed by atoms with E-state index in [0.717, 1.165) is 33.2 Å². The van der Waals surface area contributed by atoms with Crippen molar-refractivity contribution in [2.24, 2.45) is 0 Å². The summed E-state index contributed by atoms with van der Waals surface area (Å²) in [5.74, 6) is 0.614. The Morgan fingerprint density at radius 2 is 1.48 bits per heavy atom. The molecular formula is C26H24O3. The van der Waals surface area contributed by atoms with E-state index >= 15 is 0 Å². The zero-order valence-corrected chi connectivity index (χ0v) is 17.0. The van der Waals surface area contributed by atoms with Gasteiger partial charge in [0.2, 0.25) is 0 Å². The van der Waals surface area contributed by atoms with E-state index in [2.05, 4.69) is 26.0 Å². The van der Waals surface area contributed by atoms with E-state index in [4.69, 9.17) is 9.15 Å². The Bertz CT molecular complexity index is 1230. The molecule has 0 amide bonds. The predicted octanol–water partition coefficient (Wildman–Crippen LogP) is 5.89. The zero-order valence-electron chi connectivity index (χ0n) is 17.0. The molecule has 3 aromatic carbocycles. The second-order valence-corrected chi connectivity index (χ2v) is 7.52. The van der Waals surface area contributed by atoms with Gasteiger partial charge in [0.25, 0.3) is 0 Å². The fourth-order valence-corrected chi connectivity index (χ4v) is 3.56. The summed E-state index contributed by atoms with van der Waals surface area (Å²) < 4.78 is 12.0. The monoisotopic (exact) mass is 384 g/mol. The minimum atomic E-state index is -0.342. The summed E-state index contributed by atoms with van der Waals surface area (Å²) >= 11 is 0. The van der Waals surface area contributed by atoms with E-state index in [0.29, 0.717) is 29.9 Å². The average Bonchev–Trinajstić information content (AvgIpc) is 2.70. The molecule has 0 unspecified atom stereocenters. The van der Waals surface area contributed by atoms with Crippen molar-refractivity contribution in [3.05, 3.63) is 111 Å². The third-order valence-electron chi connectivity index (χ3n) is 5.37. The molecule has 0 atom stereocenters. The Kier molecular flexibility index (Phi) is 5.22. The lowest BCUT2D eigenvalue weighted by molar-refractivity contribution is 0.303. The SMILES string of the molecule is Cc1ccc2c(OCc3ccccc3C)c(Cc3ccccc3C)c(=O)oc2c1. The van der Waals surface area contributed by atoms with Gasteiger partial charge in [0.1, 0.15) is 17.9 Å². The molecule has 0 N–H and O–H groups in total. The molecule has 29 heavy (non-hydrogen) atoms. The maximum Gasteiger partial charge on any atom is 0.343 e. The topological polar surface area (TPSA) is 39.4 Å². The van der Waals surface area contributed by atoms with Crippen LogP contribution in [0.5, 0.6) is 5.75 Å². The number of ether oxygens (including phenoxy) is 1. The summed E-state index contributed by atoms with van der Waals surface area (Å²) in [6.07, 6.45) is 0.474. The molecule has 3 heteroatoms.